The molecule has 164 valence electrons. The van der Waals surface area contributed by atoms with Crippen molar-refractivity contribution in [3.05, 3.63) is 30.0 Å². The van der Waals surface area contributed by atoms with E-state index in [0.717, 1.165) is 71.4 Å². The summed E-state index contributed by atoms with van der Waals surface area (Å²) in [4.78, 5) is 20.1. The van der Waals surface area contributed by atoms with Crippen LogP contribution in [0.3, 0.4) is 0 Å². The number of carbonyl (C=O) groups excluding carboxylic acids is 1. The number of aryl methyl sites for hydroxylation is 1. The van der Waals surface area contributed by atoms with Crippen LogP contribution in [0.25, 0.3) is 16.0 Å². The maximum absolute atomic E-state index is 12.8. The number of hydrogen-bond acceptors (Lipinski definition) is 6. The molecular weight excluding hydrogens is 410 g/mol. The van der Waals surface area contributed by atoms with E-state index >= 15 is 0 Å². The predicted molar refractivity (Wildman–Crippen MR) is 123 cm³/mol. The van der Waals surface area contributed by atoms with E-state index in [9.17, 15) is 4.79 Å². The van der Waals surface area contributed by atoms with Crippen molar-refractivity contribution in [2.45, 2.75) is 51.5 Å². The lowest BCUT2D eigenvalue weighted by Gasteiger charge is -2.32. The number of carbonyl (C=O) groups is 1. The number of nitrogens with one attached hydrogen (secondary N) is 1. The number of ether oxygens (including phenoxy) is 1. The molecule has 1 saturated heterocycles. The molecule has 8 heteroatoms. The third-order valence-electron chi connectivity index (χ3n) is 6.46. The molecular formula is C23H29N5O2S. The topological polar surface area (TPSA) is 72.3 Å². The highest BCUT2D eigenvalue weighted by Gasteiger charge is 2.30. The highest BCUT2D eigenvalue weighted by Crippen LogP contribution is 2.34. The molecule has 1 saturated carbocycles. The SMILES string of the molecule is COc1ccc(-n2nc(C)c3sc(N4CCC[C@@H](C(=O)NC5CCCC5)C4)nc32)cc1. The zero-order valence-corrected chi connectivity index (χ0v) is 19.0. The lowest BCUT2D eigenvalue weighted by Crippen LogP contribution is -2.45. The number of fused-ring (bicyclic) bond motifs is 1. The fraction of sp³-hybridized carbons (Fsp3) is 0.522. The Morgan fingerprint density at radius 3 is 2.68 bits per heavy atom. The fourth-order valence-electron chi connectivity index (χ4n) is 4.72. The summed E-state index contributed by atoms with van der Waals surface area (Å²) in [5.41, 5.74) is 2.81. The van der Waals surface area contributed by atoms with Gasteiger partial charge in [-0.15, -0.1) is 0 Å². The van der Waals surface area contributed by atoms with Crippen molar-refractivity contribution >= 4 is 32.7 Å². The predicted octanol–water partition coefficient (Wildman–Crippen LogP) is 4.07. The highest BCUT2D eigenvalue weighted by atomic mass is 32.1. The smallest absolute Gasteiger partial charge is 0.225 e. The van der Waals surface area contributed by atoms with Gasteiger partial charge in [-0.2, -0.15) is 10.1 Å². The zero-order valence-electron chi connectivity index (χ0n) is 18.1. The summed E-state index contributed by atoms with van der Waals surface area (Å²) in [7, 11) is 1.66. The molecule has 1 aromatic carbocycles. The van der Waals surface area contributed by atoms with Gasteiger partial charge in [-0.25, -0.2) is 4.68 Å². The number of piperidine rings is 1. The van der Waals surface area contributed by atoms with Crippen LogP contribution in [-0.2, 0) is 4.79 Å². The second kappa shape index (κ2) is 8.49. The van der Waals surface area contributed by atoms with Crippen LogP contribution >= 0.6 is 11.3 Å². The number of aromatic nitrogens is 3. The van der Waals surface area contributed by atoms with Crippen LogP contribution in [0, 0.1) is 12.8 Å². The Morgan fingerprint density at radius 2 is 1.94 bits per heavy atom. The van der Waals surface area contributed by atoms with Crippen molar-refractivity contribution in [1.29, 1.82) is 0 Å². The molecule has 0 unspecified atom stereocenters. The molecule has 2 aliphatic rings. The summed E-state index contributed by atoms with van der Waals surface area (Å²) in [5.74, 6) is 1.08. The maximum atomic E-state index is 12.8. The summed E-state index contributed by atoms with van der Waals surface area (Å²) < 4.78 is 8.27. The van der Waals surface area contributed by atoms with Crippen molar-refractivity contribution in [1.82, 2.24) is 20.1 Å². The molecule has 2 aromatic heterocycles. The van der Waals surface area contributed by atoms with Crippen molar-refractivity contribution in [3.8, 4) is 11.4 Å². The van der Waals surface area contributed by atoms with Crippen molar-refractivity contribution in [2.75, 3.05) is 25.1 Å². The maximum Gasteiger partial charge on any atom is 0.225 e. The number of amides is 1. The quantitative estimate of drug-likeness (QED) is 0.649. The van der Waals surface area contributed by atoms with Gasteiger partial charge in [0.1, 0.15) is 5.75 Å². The molecule has 3 aromatic rings. The van der Waals surface area contributed by atoms with Crippen LogP contribution in [0.1, 0.15) is 44.2 Å². The minimum atomic E-state index is 0.0422. The first kappa shape index (κ1) is 20.3. The van der Waals surface area contributed by atoms with Gasteiger partial charge in [0.15, 0.2) is 10.8 Å². The molecule has 7 nitrogen and oxygen atoms in total. The highest BCUT2D eigenvalue weighted by molar-refractivity contribution is 7.22. The first-order valence-electron chi connectivity index (χ1n) is 11.2. The monoisotopic (exact) mass is 439 g/mol. The second-order valence-corrected chi connectivity index (χ2v) is 9.60. The van der Waals surface area contributed by atoms with Crippen LogP contribution in [0.15, 0.2) is 24.3 Å². The van der Waals surface area contributed by atoms with Gasteiger partial charge in [0.05, 0.1) is 29.1 Å². The fourth-order valence-corrected chi connectivity index (χ4v) is 5.74. The Labute approximate surface area is 186 Å². The lowest BCUT2D eigenvalue weighted by molar-refractivity contribution is -0.125. The van der Waals surface area contributed by atoms with Crippen LogP contribution < -0.4 is 15.0 Å². The number of methoxy groups -OCH3 is 1. The number of nitrogens with zero attached hydrogens (tertiary/aromatic N) is 4. The number of hydrogen-bond donors (Lipinski definition) is 1. The molecule has 2 fully saturated rings. The molecule has 1 atom stereocenters. The molecule has 1 aliphatic carbocycles. The van der Waals surface area contributed by atoms with Gasteiger partial charge >= 0.3 is 0 Å². The first-order chi connectivity index (χ1) is 15.1. The van der Waals surface area contributed by atoms with Crippen LogP contribution in [0.2, 0.25) is 0 Å². The van der Waals surface area contributed by atoms with E-state index in [0.29, 0.717) is 6.04 Å². The van der Waals surface area contributed by atoms with E-state index in [4.69, 9.17) is 14.8 Å². The largest absolute Gasteiger partial charge is 0.497 e. The Hall–Kier alpha value is -2.61. The molecule has 0 radical (unpaired) electrons. The summed E-state index contributed by atoms with van der Waals surface area (Å²) >= 11 is 1.68. The van der Waals surface area contributed by atoms with Gasteiger partial charge in [0, 0.05) is 19.1 Å². The van der Waals surface area contributed by atoms with Crippen molar-refractivity contribution in [2.24, 2.45) is 5.92 Å². The molecule has 1 aliphatic heterocycles. The summed E-state index contributed by atoms with van der Waals surface area (Å²) in [6, 6.07) is 8.23. The van der Waals surface area contributed by atoms with Gasteiger partial charge in [0.2, 0.25) is 5.91 Å². The summed E-state index contributed by atoms with van der Waals surface area (Å²) in [5, 5.41) is 8.97. The second-order valence-electron chi connectivity index (χ2n) is 8.62. The molecule has 1 amide bonds. The van der Waals surface area contributed by atoms with E-state index in [1.165, 1.54) is 12.8 Å². The van der Waals surface area contributed by atoms with Gasteiger partial charge in [0.25, 0.3) is 0 Å². The first-order valence-corrected chi connectivity index (χ1v) is 12.0. The molecule has 0 spiro atoms. The normalized spacial score (nSPS) is 19.8. The minimum Gasteiger partial charge on any atom is -0.497 e. The van der Waals surface area contributed by atoms with Crippen LogP contribution in [0.4, 0.5) is 5.13 Å². The third-order valence-corrected chi connectivity index (χ3v) is 7.67. The molecule has 31 heavy (non-hydrogen) atoms. The molecule has 5 rings (SSSR count). The Morgan fingerprint density at radius 1 is 1.16 bits per heavy atom. The van der Waals surface area contributed by atoms with E-state index < -0.39 is 0 Å². The van der Waals surface area contributed by atoms with Gasteiger partial charge in [-0.1, -0.05) is 24.2 Å². The Kier molecular flexibility index (Phi) is 5.56. The molecule has 1 N–H and O–H groups in total. The molecule has 0 bridgehead atoms. The number of thiazole rings is 1. The molecule has 3 heterocycles. The van der Waals surface area contributed by atoms with Crippen LogP contribution in [0.5, 0.6) is 5.75 Å². The average Bonchev–Trinajstić information content (AvgIpc) is 3.53. The van der Waals surface area contributed by atoms with Gasteiger partial charge < -0.3 is 15.0 Å². The minimum absolute atomic E-state index is 0.0422. The lowest BCUT2D eigenvalue weighted by atomic mass is 9.97. The Balaban J connectivity index is 1.36. The summed E-state index contributed by atoms with van der Waals surface area (Å²) in [6.07, 6.45) is 6.69. The van der Waals surface area contributed by atoms with E-state index in [2.05, 4.69) is 10.2 Å². The summed E-state index contributed by atoms with van der Waals surface area (Å²) in [6.45, 7) is 3.71. The number of rotatable bonds is 5. The van der Waals surface area contributed by atoms with Crippen molar-refractivity contribution in [3.63, 3.8) is 0 Å². The van der Waals surface area contributed by atoms with E-state index in [1.54, 1.807) is 18.4 Å². The zero-order chi connectivity index (χ0) is 21.4. The van der Waals surface area contributed by atoms with Gasteiger partial charge in [-0.05, 0) is 56.9 Å². The van der Waals surface area contributed by atoms with Crippen molar-refractivity contribution < 1.29 is 9.53 Å². The number of anilines is 1. The van der Waals surface area contributed by atoms with Crippen LogP contribution in [-0.4, -0.2) is 46.9 Å². The third kappa shape index (κ3) is 4.01. The standard InChI is InChI=1S/C23H29N5O2S/c1-15-20-21(28(26-15)18-9-11-19(30-2)12-10-18)25-23(31-20)27-13-5-6-16(14-27)22(29)24-17-7-3-4-8-17/h9-12,16-17H,3-8,13-14H2,1-2H3,(H,24,29)/t16-/m1/s1. The Bertz CT molecular complexity index is 1070. The number of benzene rings is 1. The van der Waals surface area contributed by atoms with E-state index in [1.807, 2.05) is 35.9 Å². The van der Waals surface area contributed by atoms with Gasteiger partial charge in [-0.3, -0.25) is 4.79 Å². The average molecular weight is 440 g/mol. The van der Waals surface area contributed by atoms with E-state index in [-0.39, 0.29) is 11.8 Å².